The molecule has 25 heavy (non-hydrogen) atoms. The van der Waals surface area contributed by atoms with E-state index in [2.05, 4.69) is 5.32 Å². The van der Waals surface area contributed by atoms with Crippen LogP contribution in [-0.4, -0.2) is 40.8 Å². The summed E-state index contributed by atoms with van der Waals surface area (Å²) in [5, 5.41) is 20.7. The van der Waals surface area contributed by atoms with Gasteiger partial charge < -0.3 is 20.3 Å². The van der Waals surface area contributed by atoms with Crippen molar-refractivity contribution in [2.24, 2.45) is 0 Å². The molecule has 0 aliphatic heterocycles. The number of amides is 1. The molecule has 132 valence electrons. The molecule has 0 bridgehead atoms. The van der Waals surface area contributed by atoms with Gasteiger partial charge in [0.2, 0.25) is 5.91 Å². The quantitative estimate of drug-likeness (QED) is 0.682. The monoisotopic (exact) mass is 343 g/mol. The Bertz CT molecular complexity index is 728. The van der Waals surface area contributed by atoms with E-state index in [1.807, 2.05) is 54.6 Å². The zero-order chi connectivity index (χ0) is 18.3. The summed E-state index contributed by atoms with van der Waals surface area (Å²) in [5.41, 5.74) is -0.0476. The first kappa shape index (κ1) is 18.5. The van der Waals surface area contributed by atoms with Crippen LogP contribution < -0.4 is 10.1 Å². The van der Waals surface area contributed by atoms with E-state index in [0.717, 1.165) is 18.1 Å². The first-order chi connectivity index (χ1) is 11.9. The van der Waals surface area contributed by atoms with Gasteiger partial charge in [0.15, 0.2) is 5.60 Å². The van der Waals surface area contributed by atoms with Gasteiger partial charge in [-0.3, -0.25) is 4.79 Å². The summed E-state index contributed by atoms with van der Waals surface area (Å²) < 4.78 is 5.70. The van der Waals surface area contributed by atoms with Crippen molar-refractivity contribution in [3.8, 4) is 16.9 Å². The fourth-order valence-corrected chi connectivity index (χ4v) is 2.14. The molecule has 0 saturated heterocycles. The summed E-state index contributed by atoms with van der Waals surface area (Å²) in [6.07, 6.45) is 0.0544. The molecule has 0 heterocycles. The van der Waals surface area contributed by atoms with Crippen LogP contribution in [0.4, 0.5) is 0 Å². The second-order valence-electron chi connectivity index (χ2n) is 5.82. The minimum Gasteiger partial charge on any atom is -0.492 e. The first-order valence-corrected chi connectivity index (χ1v) is 7.90. The predicted molar refractivity (Wildman–Crippen MR) is 93.3 cm³/mol. The van der Waals surface area contributed by atoms with E-state index in [4.69, 9.17) is 9.84 Å². The van der Waals surface area contributed by atoms with Gasteiger partial charge in [-0.2, -0.15) is 0 Å². The van der Waals surface area contributed by atoms with Crippen molar-refractivity contribution < 1.29 is 24.5 Å². The average molecular weight is 343 g/mol. The van der Waals surface area contributed by atoms with Gasteiger partial charge in [0.05, 0.1) is 19.6 Å². The van der Waals surface area contributed by atoms with Gasteiger partial charge in [-0.05, 0) is 18.6 Å². The number of hydrogen-bond acceptors (Lipinski definition) is 4. The molecule has 2 rings (SSSR count). The van der Waals surface area contributed by atoms with E-state index in [1.54, 1.807) is 0 Å². The molecule has 3 N–H and O–H groups in total. The number of benzene rings is 2. The molecule has 0 saturated carbocycles. The summed E-state index contributed by atoms with van der Waals surface area (Å²) in [7, 11) is 0. The van der Waals surface area contributed by atoms with Crippen molar-refractivity contribution in [1.29, 1.82) is 0 Å². The Hall–Kier alpha value is -2.86. The predicted octanol–water partition coefficient (Wildman–Crippen LogP) is 2.07. The summed E-state index contributed by atoms with van der Waals surface area (Å²) >= 11 is 0. The van der Waals surface area contributed by atoms with Crippen LogP contribution in [0.15, 0.2) is 54.6 Å². The smallest absolute Gasteiger partial charge is 0.337 e. The van der Waals surface area contributed by atoms with Gasteiger partial charge >= 0.3 is 5.97 Å². The maximum atomic E-state index is 11.8. The maximum absolute atomic E-state index is 11.8. The highest BCUT2D eigenvalue weighted by molar-refractivity contribution is 5.80. The molecule has 1 atom stereocenters. The fraction of sp³-hybridized carbons (Fsp3) is 0.263. The van der Waals surface area contributed by atoms with Crippen molar-refractivity contribution in [2.75, 3.05) is 13.2 Å². The van der Waals surface area contributed by atoms with Crippen molar-refractivity contribution in [3.63, 3.8) is 0 Å². The molecular weight excluding hydrogens is 322 g/mol. The third-order valence-corrected chi connectivity index (χ3v) is 3.65. The number of rotatable bonds is 8. The van der Waals surface area contributed by atoms with Gasteiger partial charge in [0, 0.05) is 5.56 Å². The van der Waals surface area contributed by atoms with Crippen LogP contribution in [-0.2, 0) is 9.59 Å². The lowest BCUT2D eigenvalue weighted by Crippen LogP contribution is -2.46. The Morgan fingerprint density at radius 3 is 2.40 bits per heavy atom. The van der Waals surface area contributed by atoms with Crippen LogP contribution in [0.25, 0.3) is 11.1 Å². The van der Waals surface area contributed by atoms with Crippen LogP contribution in [0.2, 0.25) is 0 Å². The zero-order valence-corrected chi connectivity index (χ0v) is 13.9. The molecule has 0 radical (unpaired) electrons. The number of ether oxygens (including phenoxy) is 1. The molecule has 6 heteroatoms. The highest BCUT2D eigenvalue weighted by atomic mass is 16.5. The van der Waals surface area contributed by atoms with E-state index in [-0.39, 0.29) is 19.6 Å². The van der Waals surface area contributed by atoms with E-state index in [9.17, 15) is 14.7 Å². The van der Waals surface area contributed by atoms with E-state index in [0.29, 0.717) is 5.75 Å². The van der Waals surface area contributed by atoms with Crippen molar-refractivity contribution in [2.45, 2.75) is 18.9 Å². The van der Waals surface area contributed by atoms with Crippen LogP contribution in [0.3, 0.4) is 0 Å². The van der Waals surface area contributed by atoms with Crippen molar-refractivity contribution in [3.05, 3.63) is 54.6 Å². The third-order valence-electron chi connectivity index (χ3n) is 3.65. The lowest BCUT2D eigenvalue weighted by Gasteiger charge is -2.18. The normalized spacial score (nSPS) is 12.9. The Morgan fingerprint density at radius 1 is 1.08 bits per heavy atom. The number of carboxylic acids is 1. The largest absolute Gasteiger partial charge is 0.492 e. The number of aliphatic hydroxyl groups is 1. The molecule has 0 aliphatic rings. The molecule has 6 nitrogen and oxygen atoms in total. The van der Waals surface area contributed by atoms with E-state index >= 15 is 0 Å². The van der Waals surface area contributed by atoms with Gasteiger partial charge in [0.25, 0.3) is 0 Å². The van der Waals surface area contributed by atoms with Gasteiger partial charge in [-0.1, -0.05) is 48.5 Å². The molecule has 2 aromatic rings. The topological polar surface area (TPSA) is 95.9 Å². The van der Waals surface area contributed by atoms with E-state index < -0.39 is 17.5 Å². The van der Waals surface area contributed by atoms with E-state index in [1.165, 1.54) is 0 Å². The lowest BCUT2D eigenvalue weighted by atomic mass is 10.1. The molecular formula is C19H21NO5. The summed E-state index contributed by atoms with van der Waals surface area (Å²) in [6.45, 7) is 0.912. The molecule has 0 fully saturated rings. The van der Waals surface area contributed by atoms with Gasteiger partial charge in [0.1, 0.15) is 5.75 Å². The average Bonchev–Trinajstić information content (AvgIpc) is 2.61. The second kappa shape index (κ2) is 8.30. The lowest BCUT2D eigenvalue weighted by molar-refractivity contribution is -0.156. The Labute approximate surface area is 146 Å². The number of hydrogen-bond donors (Lipinski definition) is 3. The number of carbonyl (C=O) groups is 2. The second-order valence-corrected chi connectivity index (χ2v) is 5.82. The summed E-state index contributed by atoms with van der Waals surface area (Å²) in [4.78, 5) is 22.5. The van der Waals surface area contributed by atoms with Crippen LogP contribution in [0, 0.1) is 0 Å². The number of carboxylic acid groups (broad SMARTS) is 1. The number of aliphatic carboxylic acids is 1. The van der Waals surface area contributed by atoms with Crippen LogP contribution >= 0.6 is 0 Å². The van der Waals surface area contributed by atoms with Gasteiger partial charge in [-0.25, -0.2) is 4.79 Å². The van der Waals surface area contributed by atoms with Gasteiger partial charge in [-0.15, -0.1) is 0 Å². The van der Waals surface area contributed by atoms with Crippen molar-refractivity contribution in [1.82, 2.24) is 5.32 Å². The Kier molecular flexibility index (Phi) is 6.14. The molecule has 0 aromatic heterocycles. The highest BCUT2D eigenvalue weighted by Gasteiger charge is 2.30. The third kappa shape index (κ3) is 5.32. The molecule has 0 spiro atoms. The minimum atomic E-state index is -1.99. The maximum Gasteiger partial charge on any atom is 0.337 e. The number of nitrogens with one attached hydrogen (secondary N) is 1. The van der Waals surface area contributed by atoms with Crippen molar-refractivity contribution >= 4 is 11.9 Å². The van der Waals surface area contributed by atoms with Crippen LogP contribution in [0.1, 0.15) is 13.3 Å². The van der Waals surface area contributed by atoms with Crippen LogP contribution in [0.5, 0.6) is 5.75 Å². The molecule has 1 unspecified atom stereocenters. The zero-order valence-electron chi connectivity index (χ0n) is 13.9. The molecule has 0 aliphatic carbocycles. The summed E-state index contributed by atoms with van der Waals surface area (Å²) in [5.74, 6) is -1.11. The molecule has 2 aromatic carbocycles. The Morgan fingerprint density at radius 2 is 1.72 bits per heavy atom. The molecule has 1 amide bonds. The number of para-hydroxylation sites is 1. The number of carbonyl (C=O) groups excluding carboxylic acids is 1. The first-order valence-electron chi connectivity index (χ1n) is 7.90. The summed E-state index contributed by atoms with van der Waals surface area (Å²) in [6, 6.07) is 17.3. The Balaban J connectivity index is 1.88. The standard InChI is InChI=1S/C19H21NO5/c1-19(24,18(22)23)13-20-17(21)11-12-25-16-10-6-5-9-15(16)14-7-3-2-4-8-14/h2-10,24H,11-13H2,1H3,(H,20,21)(H,22,23). The highest BCUT2D eigenvalue weighted by Crippen LogP contribution is 2.29. The minimum absolute atomic E-state index is 0.0544. The fourth-order valence-electron chi connectivity index (χ4n) is 2.14. The SMILES string of the molecule is CC(O)(CNC(=O)CCOc1ccccc1-c1ccccc1)C(=O)O.